The van der Waals surface area contributed by atoms with Crippen molar-refractivity contribution in [3.63, 3.8) is 0 Å². The third kappa shape index (κ3) is 5.33. The van der Waals surface area contributed by atoms with Gasteiger partial charge in [0.1, 0.15) is 12.4 Å². The second-order valence-corrected chi connectivity index (χ2v) is 7.91. The number of rotatable bonds is 8. The molecule has 1 amide bonds. The van der Waals surface area contributed by atoms with E-state index < -0.39 is 0 Å². The van der Waals surface area contributed by atoms with Crippen molar-refractivity contribution >= 4 is 11.6 Å². The normalized spacial score (nSPS) is 10.9. The summed E-state index contributed by atoms with van der Waals surface area (Å²) in [5, 5.41) is 15.4. The molecule has 7 nitrogen and oxygen atoms in total. The van der Waals surface area contributed by atoms with Crippen molar-refractivity contribution in [1.82, 2.24) is 25.1 Å². The van der Waals surface area contributed by atoms with E-state index in [0.717, 1.165) is 16.7 Å². The van der Waals surface area contributed by atoms with E-state index in [0.29, 0.717) is 29.5 Å². The van der Waals surface area contributed by atoms with Crippen LogP contribution in [0.5, 0.6) is 5.88 Å². The van der Waals surface area contributed by atoms with Gasteiger partial charge in [0.25, 0.3) is 0 Å². The minimum absolute atomic E-state index is 0.0864. The van der Waals surface area contributed by atoms with Crippen LogP contribution >= 0.6 is 0 Å². The zero-order chi connectivity index (χ0) is 24.0. The Morgan fingerprint density at radius 3 is 2.43 bits per heavy atom. The van der Waals surface area contributed by atoms with Crippen LogP contribution in [0.1, 0.15) is 5.56 Å². The van der Waals surface area contributed by atoms with E-state index in [1.54, 1.807) is 24.3 Å². The van der Waals surface area contributed by atoms with E-state index in [1.165, 1.54) is 16.6 Å². The highest BCUT2D eigenvalue weighted by atomic mass is 19.1. The number of fused-ring (bicyclic) bond motifs is 1. The lowest BCUT2D eigenvalue weighted by Crippen LogP contribution is -2.29. The van der Waals surface area contributed by atoms with Crippen molar-refractivity contribution in [3.05, 3.63) is 102 Å². The Bertz CT molecular complexity index is 1450. The van der Waals surface area contributed by atoms with E-state index in [2.05, 4.69) is 32.7 Å². The molecule has 5 rings (SSSR count). The van der Waals surface area contributed by atoms with Crippen molar-refractivity contribution in [2.24, 2.45) is 0 Å². The van der Waals surface area contributed by atoms with Gasteiger partial charge in [-0.05, 0) is 34.9 Å². The number of benzene rings is 3. The number of amides is 1. The molecule has 0 aliphatic carbocycles. The Morgan fingerprint density at radius 2 is 1.63 bits per heavy atom. The quantitative estimate of drug-likeness (QED) is 0.344. The molecule has 0 spiro atoms. The molecule has 5 aromatic rings. The molecular formula is C27H22FN5O2. The molecule has 0 aliphatic heterocycles. The summed E-state index contributed by atoms with van der Waals surface area (Å²) in [6.45, 7) is 0.578. The van der Waals surface area contributed by atoms with E-state index >= 15 is 0 Å². The monoisotopic (exact) mass is 467 g/mol. The first-order chi connectivity index (χ1) is 17.2. The van der Waals surface area contributed by atoms with Crippen LogP contribution in [0.15, 0.2) is 91.0 Å². The molecule has 0 unspecified atom stereocenters. The first kappa shape index (κ1) is 22.2. The molecular weight excluding hydrogens is 445 g/mol. The van der Waals surface area contributed by atoms with Crippen molar-refractivity contribution in [2.75, 3.05) is 13.2 Å². The summed E-state index contributed by atoms with van der Waals surface area (Å²) in [6.07, 6.45) is 0.289. The molecule has 8 heteroatoms. The maximum atomic E-state index is 13.6. The van der Waals surface area contributed by atoms with E-state index in [4.69, 9.17) is 4.74 Å². The number of aromatic nitrogens is 4. The van der Waals surface area contributed by atoms with E-state index in [9.17, 15) is 9.18 Å². The number of hydrogen-bond acceptors (Lipinski definition) is 5. The lowest BCUT2D eigenvalue weighted by Gasteiger charge is -2.08. The predicted molar refractivity (Wildman–Crippen MR) is 130 cm³/mol. The topological polar surface area (TPSA) is 81.4 Å². The van der Waals surface area contributed by atoms with Crippen LogP contribution < -0.4 is 10.1 Å². The van der Waals surface area contributed by atoms with Crippen LogP contribution in [0, 0.1) is 5.82 Å². The van der Waals surface area contributed by atoms with Gasteiger partial charge >= 0.3 is 0 Å². The molecule has 35 heavy (non-hydrogen) atoms. The number of ether oxygens (including phenoxy) is 1. The number of nitrogens with zero attached hydrogens (tertiary/aromatic N) is 4. The molecule has 0 bridgehead atoms. The summed E-state index contributed by atoms with van der Waals surface area (Å²) in [5.41, 5.74) is 4.27. The molecule has 2 heterocycles. The fourth-order valence-electron chi connectivity index (χ4n) is 3.70. The van der Waals surface area contributed by atoms with Gasteiger partial charge in [0.15, 0.2) is 11.5 Å². The summed E-state index contributed by atoms with van der Waals surface area (Å²) >= 11 is 0. The predicted octanol–water partition coefficient (Wildman–Crippen LogP) is 4.34. The second kappa shape index (κ2) is 10.1. The van der Waals surface area contributed by atoms with Gasteiger partial charge in [-0.15, -0.1) is 15.3 Å². The van der Waals surface area contributed by atoms with Crippen LogP contribution in [-0.4, -0.2) is 38.9 Å². The van der Waals surface area contributed by atoms with Gasteiger partial charge in [-0.25, -0.2) is 4.39 Å². The Kier molecular flexibility index (Phi) is 6.43. The summed E-state index contributed by atoms with van der Waals surface area (Å²) < 4.78 is 20.8. The third-order valence-corrected chi connectivity index (χ3v) is 5.42. The smallest absolute Gasteiger partial charge is 0.231 e. The summed E-state index contributed by atoms with van der Waals surface area (Å²) in [5.74, 6) is 0.309. The molecule has 0 fully saturated rings. The largest absolute Gasteiger partial charge is 0.475 e. The molecule has 0 saturated carbocycles. The average molecular weight is 468 g/mol. The maximum absolute atomic E-state index is 13.6. The van der Waals surface area contributed by atoms with Gasteiger partial charge in [0.05, 0.1) is 13.0 Å². The number of carbonyl (C=O) groups excluding carboxylic acids is 1. The molecule has 0 radical (unpaired) electrons. The number of halogens is 1. The van der Waals surface area contributed by atoms with Crippen molar-refractivity contribution in [1.29, 1.82) is 0 Å². The van der Waals surface area contributed by atoms with Crippen LogP contribution in [0.25, 0.3) is 28.2 Å². The average Bonchev–Trinajstić information content (AvgIpc) is 3.31. The lowest BCUT2D eigenvalue weighted by atomic mass is 10.0. The van der Waals surface area contributed by atoms with Gasteiger partial charge in [-0.2, -0.15) is 4.52 Å². The first-order valence-corrected chi connectivity index (χ1v) is 11.2. The van der Waals surface area contributed by atoms with Crippen LogP contribution in [0.3, 0.4) is 0 Å². The number of hydrogen-bond donors (Lipinski definition) is 1. The minimum atomic E-state index is -0.366. The van der Waals surface area contributed by atoms with E-state index in [1.807, 2.05) is 42.5 Å². The van der Waals surface area contributed by atoms with Crippen molar-refractivity contribution < 1.29 is 13.9 Å². The Balaban J connectivity index is 1.14. The number of carbonyl (C=O) groups is 1. The molecule has 0 saturated heterocycles. The zero-order valence-electron chi connectivity index (χ0n) is 18.8. The third-order valence-electron chi connectivity index (χ3n) is 5.42. The Hall–Kier alpha value is -4.59. The number of nitrogens with one attached hydrogen (secondary N) is 1. The van der Waals surface area contributed by atoms with Gasteiger partial charge in [-0.1, -0.05) is 66.7 Å². The van der Waals surface area contributed by atoms with Gasteiger partial charge in [0.2, 0.25) is 11.8 Å². The highest BCUT2D eigenvalue weighted by molar-refractivity contribution is 5.78. The van der Waals surface area contributed by atoms with Crippen LogP contribution in [0.4, 0.5) is 4.39 Å². The maximum Gasteiger partial charge on any atom is 0.231 e. The standard InChI is InChI=1S/C27H22FN5O2/c28-23-8-4-7-22(18-23)27-31-30-24-13-14-26(32-33(24)27)35-16-15-29-25(34)17-19-9-11-21(12-10-19)20-5-2-1-3-6-20/h1-14,18H,15-17H2,(H,29,34). The molecule has 0 aliphatic rings. The second-order valence-electron chi connectivity index (χ2n) is 7.91. The summed E-state index contributed by atoms with van der Waals surface area (Å²) in [7, 11) is 0. The van der Waals surface area contributed by atoms with Gasteiger partial charge in [-0.3, -0.25) is 4.79 Å². The molecule has 174 valence electrons. The highest BCUT2D eigenvalue weighted by Gasteiger charge is 2.11. The van der Waals surface area contributed by atoms with Crippen LogP contribution in [0.2, 0.25) is 0 Å². The Labute approximate surface area is 201 Å². The van der Waals surface area contributed by atoms with Crippen LogP contribution in [-0.2, 0) is 11.2 Å². The fourth-order valence-corrected chi connectivity index (χ4v) is 3.70. The molecule has 2 aromatic heterocycles. The molecule has 1 N–H and O–H groups in total. The SMILES string of the molecule is O=C(Cc1ccc(-c2ccccc2)cc1)NCCOc1ccc2nnc(-c3cccc(F)c3)n2n1. The van der Waals surface area contributed by atoms with Crippen molar-refractivity contribution in [2.45, 2.75) is 6.42 Å². The lowest BCUT2D eigenvalue weighted by molar-refractivity contribution is -0.120. The summed E-state index contributed by atoms with van der Waals surface area (Å²) in [6, 6.07) is 27.5. The molecule has 0 atom stereocenters. The highest BCUT2D eigenvalue weighted by Crippen LogP contribution is 2.20. The zero-order valence-corrected chi connectivity index (χ0v) is 18.8. The van der Waals surface area contributed by atoms with Gasteiger partial charge < -0.3 is 10.1 Å². The first-order valence-electron chi connectivity index (χ1n) is 11.2. The van der Waals surface area contributed by atoms with Crippen molar-refractivity contribution in [3.8, 4) is 28.4 Å². The van der Waals surface area contributed by atoms with Gasteiger partial charge in [0, 0.05) is 11.6 Å². The Morgan fingerprint density at radius 1 is 0.857 bits per heavy atom. The summed E-state index contributed by atoms with van der Waals surface area (Å²) in [4.78, 5) is 12.3. The van der Waals surface area contributed by atoms with E-state index in [-0.39, 0.29) is 24.8 Å². The minimum Gasteiger partial charge on any atom is -0.475 e. The molecule has 3 aromatic carbocycles. The fraction of sp³-hybridized carbons (Fsp3) is 0.111.